The number of aromatic nitrogens is 1. The van der Waals surface area contributed by atoms with E-state index in [2.05, 4.69) is 0 Å². The number of ether oxygens (including phenoxy) is 1. The number of nitrogen functional groups attached to an aromatic ring is 1. The van der Waals surface area contributed by atoms with Gasteiger partial charge >= 0.3 is 0 Å². The first-order valence-corrected chi connectivity index (χ1v) is 4.10. The van der Waals surface area contributed by atoms with Crippen LogP contribution in [-0.2, 0) is 7.05 Å². The predicted octanol–water partition coefficient (Wildman–Crippen LogP) is 1.77. The number of anilines is 1. The summed E-state index contributed by atoms with van der Waals surface area (Å²) in [4.78, 5) is 0. The molecular formula is C10H12N2O. The second-order valence-corrected chi connectivity index (χ2v) is 3.15. The van der Waals surface area contributed by atoms with Crippen LogP contribution < -0.4 is 10.5 Å². The maximum atomic E-state index is 5.77. The molecule has 0 aliphatic heterocycles. The van der Waals surface area contributed by atoms with Gasteiger partial charge in [0.25, 0.3) is 0 Å². The fraction of sp³-hybridized carbons (Fsp3) is 0.200. The number of nitrogens with zero attached hydrogens (tertiary/aromatic N) is 1. The fourth-order valence-electron chi connectivity index (χ4n) is 1.51. The lowest BCUT2D eigenvalue weighted by molar-refractivity contribution is 0.417. The summed E-state index contributed by atoms with van der Waals surface area (Å²) in [6, 6.07) is 3.87. The van der Waals surface area contributed by atoms with Gasteiger partial charge in [0.1, 0.15) is 5.75 Å². The zero-order chi connectivity index (χ0) is 9.42. The Bertz CT molecular complexity index is 445. The number of benzene rings is 1. The number of fused-ring (bicyclic) bond motifs is 1. The average molecular weight is 176 g/mol. The molecule has 0 amide bonds. The Morgan fingerprint density at radius 1 is 1.23 bits per heavy atom. The smallest absolute Gasteiger partial charge is 0.142 e. The van der Waals surface area contributed by atoms with Gasteiger partial charge in [-0.25, -0.2) is 0 Å². The summed E-state index contributed by atoms with van der Waals surface area (Å²) >= 11 is 0. The van der Waals surface area contributed by atoms with Gasteiger partial charge in [-0.2, -0.15) is 0 Å². The molecule has 13 heavy (non-hydrogen) atoms. The molecule has 1 heterocycles. The minimum atomic E-state index is 0.682. The van der Waals surface area contributed by atoms with Crippen LogP contribution in [0.1, 0.15) is 0 Å². The van der Waals surface area contributed by atoms with Gasteiger partial charge in [0, 0.05) is 30.2 Å². The maximum Gasteiger partial charge on any atom is 0.142 e. The van der Waals surface area contributed by atoms with Crippen LogP contribution in [0.3, 0.4) is 0 Å². The normalized spacial score (nSPS) is 10.6. The van der Waals surface area contributed by atoms with Crippen LogP contribution in [0.15, 0.2) is 24.5 Å². The van der Waals surface area contributed by atoms with E-state index in [9.17, 15) is 0 Å². The van der Waals surface area contributed by atoms with E-state index in [0.717, 1.165) is 16.5 Å². The summed E-state index contributed by atoms with van der Waals surface area (Å²) in [5.41, 5.74) is 6.45. The van der Waals surface area contributed by atoms with Gasteiger partial charge in [-0.1, -0.05) is 0 Å². The molecule has 0 radical (unpaired) electrons. The number of methoxy groups -OCH3 is 1. The van der Waals surface area contributed by atoms with Crippen molar-refractivity contribution in [3.63, 3.8) is 0 Å². The number of hydrogen-bond acceptors (Lipinski definition) is 2. The van der Waals surface area contributed by atoms with E-state index in [1.54, 1.807) is 7.11 Å². The monoisotopic (exact) mass is 176 g/mol. The van der Waals surface area contributed by atoms with Crippen molar-refractivity contribution in [1.82, 2.24) is 4.57 Å². The Hall–Kier alpha value is -1.64. The van der Waals surface area contributed by atoms with Crippen LogP contribution in [0.2, 0.25) is 0 Å². The van der Waals surface area contributed by atoms with Crippen molar-refractivity contribution in [3.05, 3.63) is 24.5 Å². The van der Waals surface area contributed by atoms with E-state index >= 15 is 0 Å². The Labute approximate surface area is 76.7 Å². The molecule has 0 unspecified atom stereocenters. The van der Waals surface area contributed by atoms with Crippen molar-refractivity contribution in [2.75, 3.05) is 12.8 Å². The fourth-order valence-corrected chi connectivity index (χ4v) is 1.51. The molecule has 2 rings (SSSR count). The Balaban J connectivity index is 2.72. The summed E-state index contributed by atoms with van der Waals surface area (Å²) in [5, 5.41) is 2.29. The van der Waals surface area contributed by atoms with Crippen LogP contribution in [0.4, 0.5) is 5.69 Å². The molecule has 1 aromatic carbocycles. The van der Waals surface area contributed by atoms with Crippen molar-refractivity contribution in [2.24, 2.45) is 7.05 Å². The molecule has 0 aliphatic carbocycles. The zero-order valence-corrected chi connectivity index (χ0v) is 7.74. The molecular weight excluding hydrogens is 164 g/mol. The molecule has 2 aromatic rings. The first-order valence-electron chi connectivity index (χ1n) is 4.10. The molecule has 0 aliphatic rings. The third kappa shape index (κ3) is 1.22. The molecule has 3 heteroatoms. The molecule has 0 saturated heterocycles. The third-order valence-corrected chi connectivity index (χ3v) is 2.12. The second-order valence-electron chi connectivity index (χ2n) is 3.15. The van der Waals surface area contributed by atoms with Crippen molar-refractivity contribution in [2.45, 2.75) is 0 Å². The van der Waals surface area contributed by atoms with Gasteiger partial charge in [-0.05, 0) is 12.1 Å². The minimum absolute atomic E-state index is 0.682. The molecule has 1 aromatic heterocycles. The van der Waals surface area contributed by atoms with Crippen molar-refractivity contribution >= 4 is 16.5 Å². The van der Waals surface area contributed by atoms with Crippen LogP contribution in [0.5, 0.6) is 5.75 Å². The summed E-state index contributed by atoms with van der Waals surface area (Å²) < 4.78 is 7.13. The second kappa shape index (κ2) is 2.69. The summed E-state index contributed by atoms with van der Waals surface area (Å²) in [6.07, 6.45) is 4.07. The molecule has 0 saturated carbocycles. The minimum Gasteiger partial charge on any atom is -0.495 e. The first kappa shape index (κ1) is 7.98. The van der Waals surface area contributed by atoms with Gasteiger partial charge in [0.05, 0.1) is 12.8 Å². The summed E-state index contributed by atoms with van der Waals surface area (Å²) in [6.45, 7) is 0. The lowest BCUT2D eigenvalue weighted by Gasteiger charge is -2.03. The molecule has 68 valence electrons. The topological polar surface area (TPSA) is 40.2 Å². The lowest BCUT2D eigenvalue weighted by Crippen LogP contribution is -1.90. The highest BCUT2D eigenvalue weighted by atomic mass is 16.5. The first-order chi connectivity index (χ1) is 6.20. The van der Waals surface area contributed by atoms with Crippen molar-refractivity contribution in [3.8, 4) is 5.75 Å². The number of hydrogen-bond donors (Lipinski definition) is 1. The van der Waals surface area contributed by atoms with Crippen molar-refractivity contribution in [1.29, 1.82) is 0 Å². The van der Waals surface area contributed by atoms with Gasteiger partial charge in [-0.3, -0.25) is 0 Å². The van der Waals surface area contributed by atoms with Crippen LogP contribution in [-0.4, -0.2) is 11.7 Å². The SMILES string of the molecule is COc1cc2cn(C)cc2cc1N. The Morgan fingerprint density at radius 3 is 2.46 bits per heavy atom. The molecule has 0 atom stereocenters. The molecule has 0 bridgehead atoms. The molecule has 0 fully saturated rings. The number of rotatable bonds is 1. The number of aryl methyl sites for hydroxylation is 1. The van der Waals surface area contributed by atoms with Gasteiger partial charge in [0.15, 0.2) is 0 Å². The van der Waals surface area contributed by atoms with E-state index in [1.807, 2.05) is 36.1 Å². The van der Waals surface area contributed by atoms with E-state index in [4.69, 9.17) is 10.5 Å². The highest BCUT2D eigenvalue weighted by Crippen LogP contribution is 2.27. The summed E-state index contributed by atoms with van der Waals surface area (Å²) in [7, 11) is 3.61. The maximum absolute atomic E-state index is 5.77. The van der Waals surface area contributed by atoms with E-state index in [1.165, 1.54) is 0 Å². The quantitative estimate of drug-likeness (QED) is 0.673. The van der Waals surface area contributed by atoms with Crippen molar-refractivity contribution < 1.29 is 4.74 Å². The number of nitrogens with two attached hydrogens (primary N) is 1. The van der Waals surface area contributed by atoms with E-state index in [0.29, 0.717) is 5.69 Å². The van der Waals surface area contributed by atoms with Gasteiger partial charge in [-0.15, -0.1) is 0 Å². The van der Waals surface area contributed by atoms with Gasteiger partial charge in [0.2, 0.25) is 0 Å². The Kier molecular flexibility index (Phi) is 1.65. The largest absolute Gasteiger partial charge is 0.495 e. The third-order valence-electron chi connectivity index (χ3n) is 2.12. The van der Waals surface area contributed by atoms with Crippen LogP contribution in [0, 0.1) is 0 Å². The average Bonchev–Trinajstić information content (AvgIpc) is 2.42. The molecule has 3 nitrogen and oxygen atoms in total. The zero-order valence-electron chi connectivity index (χ0n) is 7.74. The lowest BCUT2D eigenvalue weighted by atomic mass is 10.2. The summed E-state index contributed by atoms with van der Waals surface area (Å²) in [5.74, 6) is 0.735. The standard InChI is InChI=1S/C10H12N2O/c1-12-5-7-3-9(11)10(13-2)4-8(7)6-12/h3-6H,11H2,1-2H3. The molecule has 2 N–H and O–H groups in total. The van der Waals surface area contributed by atoms with Gasteiger partial charge < -0.3 is 15.0 Å². The van der Waals surface area contributed by atoms with Crippen LogP contribution >= 0.6 is 0 Å². The highest BCUT2D eigenvalue weighted by Gasteiger charge is 2.02. The van der Waals surface area contributed by atoms with E-state index < -0.39 is 0 Å². The van der Waals surface area contributed by atoms with E-state index in [-0.39, 0.29) is 0 Å². The molecule has 0 spiro atoms. The highest BCUT2D eigenvalue weighted by molar-refractivity contribution is 5.88. The predicted molar refractivity (Wildman–Crippen MR) is 53.9 cm³/mol. The van der Waals surface area contributed by atoms with Crippen LogP contribution in [0.25, 0.3) is 10.8 Å². The Morgan fingerprint density at radius 2 is 1.85 bits per heavy atom.